The number of hydrogen-bond acceptors (Lipinski definition) is 4. The van der Waals surface area contributed by atoms with E-state index in [0.29, 0.717) is 18.6 Å². The van der Waals surface area contributed by atoms with Gasteiger partial charge in [-0.2, -0.15) is 0 Å². The lowest BCUT2D eigenvalue weighted by molar-refractivity contribution is 0.0600. The minimum Gasteiger partial charge on any atom is -0.465 e. The van der Waals surface area contributed by atoms with E-state index in [9.17, 15) is 4.79 Å². The molecule has 0 bridgehead atoms. The summed E-state index contributed by atoms with van der Waals surface area (Å²) >= 11 is 6.80. The third-order valence-electron chi connectivity index (χ3n) is 5.11. The lowest BCUT2D eigenvalue weighted by atomic mass is 9.81. The van der Waals surface area contributed by atoms with Gasteiger partial charge in [-0.05, 0) is 63.8 Å². The predicted octanol–water partition coefficient (Wildman–Crippen LogP) is 4.57. The molecule has 1 N–H and O–H groups in total. The zero-order valence-corrected chi connectivity index (χ0v) is 16.5. The Kier molecular flexibility index (Phi) is 6.53. The smallest absolute Gasteiger partial charge is 0.337 e. The highest BCUT2D eigenvalue weighted by atomic mass is 35.5. The number of alkyl halides is 1. The first-order valence-electron chi connectivity index (χ1n) is 8.58. The Morgan fingerprint density at radius 1 is 1.32 bits per heavy atom. The zero-order chi connectivity index (χ0) is 18.6. The number of rotatable bonds is 6. The van der Waals surface area contributed by atoms with Crippen molar-refractivity contribution in [3.63, 3.8) is 0 Å². The molecule has 0 aliphatic carbocycles. The number of hydrogen-bond donors (Lipinski definition) is 1. The summed E-state index contributed by atoms with van der Waals surface area (Å²) in [5.41, 5.74) is 4.99. The van der Waals surface area contributed by atoms with Crippen LogP contribution in [0.5, 0.6) is 0 Å². The van der Waals surface area contributed by atoms with E-state index in [2.05, 4.69) is 26.1 Å². The first kappa shape index (κ1) is 19.8. The molecule has 2 rings (SSSR count). The molecule has 1 aliphatic rings. The van der Waals surface area contributed by atoms with Crippen LogP contribution in [0.4, 0.5) is 5.69 Å². The molecule has 0 spiro atoms. The molecule has 0 saturated heterocycles. The normalized spacial score (nSPS) is 21.9. The average Bonchev–Trinajstić information content (AvgIpc) is 2.59. The highest BCUT2D eigenvalue weighted by Crippen LogP contribution is 2.38. The van der Waals surface area contributed by atoms with Gasteiger partial charge in [0.05, 0.1) is 30.2 Å². The van der Waals surface area contributed by atoms with Crippen LogP contribution in [-0.2, 0) is 15.9 Å². The van der Waals surface area contributed by atoms with Crippen molar-refractivity contribution >= 4 is 23.3 Å². The fraction of sp³-hybridized carbons (Fsp3) is 0.550. The number of esters is 1. The Labute approximate surface area is 155 Å². The van der Waals surface area contributed by atoms with Crippen LogP contribution in [0.25, 0.3) is 0 Å². The van der Waals surface area contributed by atoms with Crippen molar-refractivity contribution in [1.82, 2.24) is 0 Å². The fourth-order valence-corrected chi connectivity index (χ4v) is 3.59. The number of methoxy groups -OCH3 is 2. The molecule has 0 amide bonds. The lowest BCUT2D eigenvalue weighted by Gasteiger charge is -2.43. The maximum Gasteiger partial charge on any atom is 0.337 e. The van der Waals surface area contributed by atoms with Gasteiger partial charge >= 0.3 is 5.97 Å². The van der Waals surface area contributed by atoms with Crippen LogP contribution in [0.3, 0.4) is 0 Å². The van der Waals surface area contributed by atoms with Crippen LogP contribution in [0.2, 0.25) is 0 Å². The third-order valence-corrected chi connectivity index (χ3v) is 5.68. The van der Waals surface area contributed by atoms with Crippen LogP contribution in [0.1, 0.15) is 49.5 Å². The Balaban J connectivity index is 2.29. The molecule has 0 saturated carbocycles. The molecule has 0 aromatic heterocycles. The summed E-state index contributed by atoms with van der Waals surface area (Å²) in [4.78, 5) is 11.8. The molecule has 1 heterocycles. The molecule has 1 aromatic carbocycles. The van der Waals surface area contributed by atoms with Crippen molar-refractivity contribution < 1.29 is 14.3 Å². The first-order valence-corrected chi connectivity index (χ1v) is 9.02. The molecule has 5 heteroatoms. The van der Waals surface area contributed by atoms with Crippen LogP contribution in [0, 0.1) is 0 Å². The number of nitrogens with one attached hydrogen (secondary N) is 1. The van der Waals surface area contributed by atoms with E-state index in [-0.39, 0.29) is 16.9 Å². The maximum atomic E-state index is 11.8. The average molecular weight is 366 g/mol. The quantitative estimate of drug-likeness (QED) is 0.455. The van der Waals surface area contributed by atoms with Crippen LogP contribution >= 0.6 is 11.6 Å². The fourth-order valence-electron chi connectivity index (χ4n) is 3.20. The van der Waals surface area contributed by atoms with Gasteiger partial charge in [0.25, 0.3) is 0 Å². The second-order valence-corrected chi connectivity index (χ2v) is 7.56. The van der Waals surface area contributed by atoms with Gasteiger partial charge < -0.3 is 14.8 Å². The van der Waals surface area contributed by atoms with Gasteiger partial charge in [0, 0.05) is 12.8 Å². The van der Waals surface area contributed by atoms with Crippen molar-refractivity contribution in [3.8, 4) is 0 Å². The Bertz CT molecular complexity index is 667. The molecule has 1 aromatic rings. The van der Waals surface area contributed by atoms with E-state index >= 15 is 0 Å². The molecule has 1 aliphatic heterocycles. The summed E-state index contributed by atoms with van der Waals surface area (Å²) in [5, 5.41) is 3.48. The summed E-state index contributed by atoms with van der Waals surface area (Å²) in [6.07, 6.45) is 2.55. The number of benzene rings is 1. The van der Waals surface area contributed by atoms with Gasteiger partial charge in [0.1, 0.15) is 0 Å². The van der Waals surface area contributed by atoms with E-state index < -0.39 is 0 Å². The van der Waals surface area contributed by atoms with E-state index in [0.717, 1.165) is 24.1 Å². The number of carbonyl (C=O) groups is 1. The van der Waals surface area contributed by atoms with Crippen LogP contribution in [0.15, 0.2) is 29.3 Å². The van der Waals surface area contributed by atoms with Gasteiger partial charge in [-0.15, -0.1) is 11.6 Å². The molecular formula is C20H28ClNO3. The number of allylic oxidation sites excluding steroid dienone is 2. The van der Waals surface area contributed by atoms with E-state index in [1.54, 1.807) is 13.2 Å². The second kappa shape index (κ2) is 8.24. The van der Waals surface area contributed by atoms with E-state index in [4.69, 9.17) is 21.1 Å². The molecule has 138 valence electrons. The molecule has 0 unspecified atom stereocenters. The predicted molar refractivity (Wildman–Crippen MR) is 103 cm³/mol. The minimum absolute atomic E-state index is 0.127. The van der Waals surface area contributed by atoms with Crippen molar-refractivity contribution in [3.05, 3.63) is 40.5 Å². The number of ether oxygens (including phenoxy) is 2. The molecule has 4 nitrogen and oxygen atoms in total. The summed E-state index contributed by atoms with van der Waals surface area (Å²) in [5.74, 6) is -0.332. The van der Waals surface area contributed by atoms with Crippen molar-refractivity contribution in [2.45, 2.75) is 50.9 Å². The SMILES string of the molecule is COC[C@@]1(CCC(C)=C(C)C)Nc2ccc(C(=O)OC)cc2C[C@H]1Cl. The van der Waals surface area contributed by atoms with Crippen molar-refractivity contribution in [1.29, 1.82) is 0 Å². The highest BCUT2D eigenvalue weighted by Gasteiger charge is 2.41. The molecular weight excluding hydrogens is 338 g/mol. The van der Waals surface area contributed by atoms with E-state index in [1.807, 2.05) is 12.1 Å². The Morgan fingerprint density at radius 2 is 2.04 bits per heavy atom. The van der Waals surface area contributed by atoms with E-state index in [1.165, 1.54) is 18.3 Å². The Morgan fingerprint density at radius 3 is 2.64 bits per heavy atom. The van der Waals surface area contributed by atoms with Crippen molar-refractivity contribution in [2.24, 2.45) is 0 Å². The van der Waals surface area contributed by atoms with Gasteiger partial charge in [-0.1, -0.05) is 11.1 Å². The van der Waals surface area contributed by atoms with Gasteiger partial charge in [-0.3, -0.25) is 0 Å². The van der Waals surface area contributed by atoms with Gasteiger partial charge in [-0.25, -0.2) is 4.79 Å². The molecule has 25 heavy (non-hydrogen) atoms. The van der Waals surface area contributed by atoms with Crippen molar-refractivity contribution in [2.75, 3.05) is 26.1 Å². The monoisotopic (exact) mass is 365 g/mol. The second-order valence-electron chi connectivity index (χ2n) is 7.03. The summed E-state index contributed by atoms with van der Waals surface area (Å²) in [6.45, 7) is 6.97. The summed E-state index contributed by atoms with van der Waals surface area (Å²) in [6, 6.07) is 5.58. The number of carbonyl (C=O) groups excluding carboxylic acids is 1. The molecule has 0 fully saturated rings. The maximum absolute atomic E-state index is 11.8. The first-order chi connectivity index (χ1) is 11.8. The topological polar surface area (TPSA) is 47.6 Å². The number of halogens is 1. The standard InChI is InChI=1S/C20H28ClNO3/c1-13(2)14(3)8-9-20(12-24-4)18(21)11-16-10-15(19(23)25-5)6-7-17(16)22-20/h6-7,10,18,22H,8-9,11-12H2,1-5H3/t18-,20-/m1/s1. The minimum atomic E-state index is -0.332. The van der Waals surface area contributed by atoms with Gasteiger partial charge in [0.2, 0.25) is 0 Å². The number of fused-ring (bicyclic) bond motifs is 1. The highest BCUT2D eigenvalue weighted by molar-refractivity contribution is 6.22. The summed E-state index contributed by atoms with van der Waals surface area (Å²) in [7, 11) is 3.09. The molecule has 0 radical (unpaired) electrons. The van der Waals surface area contributed by atoms with Gasteiger partial charge in [0.15, 0.2) is 0 Å². The van der Waals surface area contributed by atoms with Crippen LogP contribution < -0.4 is 5.32 Å². The number of anilines is 1. The molecule has 2 atom stereocenters. The largest absolute Gasteiger partial charge is 0.465 e. The van der Waals surface area contributed by atoms with Crippen LogP contribution in [-0.4, -0.2) is 37.7 Å². The summed E-state index contributed by atoms with van der Waals surface area (Å²) < 4.78 is 10.3. The Hall–Kier alpha value is -1.52. The lowest BCUT2D eigenvalue weighted by Crippen LogP contribution is -2.54. The zero-order valence-electron chi connectivity index (χ0n) is 15.7. The third kappa shape index (κ3) is 4.36.